The average Bonchev–Trinajstić information content (AvgIpc) is 2.96. The number of hydrogen-bond donors (Lipinski definition) is 2. The molecule has 1 aliphatic heterocycles. The molecule has 40 heavy (non-hydrogen) atoms. The monoisotopic (exact) mass is 548 g/mol. The number of hydrogen-bond acceptors (Lipinski definition) is 3. The highest BCUT2D eigenvalue weighted by Crippen LogP contribution is 2.42. The van der Waals surface area contributed by atoms with E-state index in [9.17, 15) is 9.59 Å². The van der Waals surface area contributed by atoms with Crippen LogP contribution in [0.5, 0.6) is 0 Å². The Morgan fingerprint density at radius 1 is 0.900 bits per heavy atom. The minimum Gasteiger partial charge on any atom is -0.346 e. The minimum absolute atomic E-state index is 0.0193. The zero-order valence-electron chi connectivity index (χ0n) is 22.9. The number of fused-ring (bicyclic) bond motifs is 1. The van der Waals surface area contributed by atoms with Crippen LogP contribution < -0.4 is 15.1 Å². The number of aryl methyl sites for hydroxylation is 1. The van der Waals surface area contributed by atoms with E-state index in [0.29, 0.717) is 23.6 Å². The van der Waals surface area contributed by atoms with Crippen molar-refractivity contribution in [2.24, 2.45) is 0 Å². The Hall–Kier alpha value is -4.13. The lowest BCUT2D eigenvalue weighted by Crippen LogP contribution is -3.08. The number of carbonyl (C=O) groups excluding carboxylic acids is 2. The van der Waals surface area contributed by atoms with E-state index in [1.54, 1.807) is 0 Å². The Labute approximate surface area is 240 Å². The predicted molar refractivity (Wildman–Crippen MR) is 163 cm³/mol. The van der Waals surface area contributed by atoms with Crippen molar-refractivity contribution in [3.05, 3.63) is 136 Å². The molecule has 0 bridgehead atoms. The Balaban J connectivity index is 1.23. The summed E-state index contributed by atoms with van der Waals surface area (Å²) in [5, 5.41) is 3.03. The van der Waals surface area contributed by atoms with Crippen molar-refractivity contribution in [2.75, 3.05) is 25.0 Å². The van der Waals surface area contributed by atoms with Gasteiger partial charge in [-0.15, -0.1) is 0 Å². The first-order valence-electron chi connectivity index (χ1n) is 13.6. The second-order valence-electron chi connectivity index (χ2n) is 10.2. The van der Waals surface area contributed by atoms with Gasteiger partial charge >= 0.3 is 0 Å². The lowest BCUT2D eigenvalue weighted by Gasteiger charge is -2.30. The number of nitrogens with zero attached hydrogens (tertiary/aromatic N) is 1. The molecule has 0 saturated carbocycles. The first kappa shape index (κ1) is 27.4. The second kappa shape index (κ2) is 12.8. The molecule has 1 heterocycles. The number of anilines is 1. The van der Waals surface area contributed by atoms with Gasteiger partial charge in [-0.2, -0.15) is 0 Å². The summed E-state index contributed by atoms with van der Waals surface area (Å²) in [5.41, 5.74) is 5.97. The minimum atomic E-state index is -0.0897. The van der Waals surface area contributed by atoms with Crippen LogP contribution in [-0.2, 0) is 17.9 Å². The molecule has 0 spiro atoms. The number of rotatable bonds is 9. The van der Waals surface area contributed by atoms with Crippen LogP contribution in [0.15, 0.2) is 113 Å². The van der Waals surface area contributed by atoms with E-state index in [2.05, 4.69) is 55.7 Å². The smallest absolute Gasteiger partial charge is 0.265 e. The Morgan fingerprint density at radius 3 is 2.40 bits per heavy atom. The lowest BCUT2D eigenvalue weighted by molar-refractivity contribution is -0.892. The van der Waals surface area contributed by atoms with Crippen molar-refractivity contribution in [3.63, 3.8) is 0 Å². The summed E-state index contributed by atoms with van der Waals surface area (Å²) < 4.78 is 0. The van der Waals surface area contributed by atoms with Crippen LogP contribution in [0.3, 0.4) is 0 Å². The molecular weight excluding hydrogens is 514 g/mol. The largest absolute Gasteiger partial charge is 0.346 e. The molecule has 1 atom stereocenters. The van der Waals surface area contributed by atoms with E-state index in [-0.39, 0.29) is 11.8 Å². The summed E-state index contributed by atoms with van der Waals surface area (Å²) in [6.45, 7) is 4.93. The number of benzene rings is 4. The Morgan fingerprint density at radius 2 is 1.62 bits per heavy atom. The van der Waals surface area contributed by atoms with Gasteiger partial charge in [0.1, 0.15) is 6.54 Å². The fourth-order valence-corrected chi connectivity index (χ4v) is 5.88. The molecule has 0 aromatic heterocycles. The molecule has 2 N–H and O–H groups in total. The summed E-state index contributed by atoms with van der Waals surface area (Å²) in [7, 11) is 2.13. The van der Waals surface area contributed by atoms with E-state index in [1.807, 2.05) is 77.7 Å². The third kappa shape index (κ3) is 6.89. The maximum Gasteiger partial charge on any atom is 0.265 e. The zero-order chi connectivity index (χ0) is 27.9. The summed E-state index contributed by atoms with van der Waals surface area (Å²) in [6.07, 6.45) is 1.91. The molecule has 6 heteroatoms. The molecule has 202 valence electrons. The maximum absolute atomic E-state index is 13.6. The molecule has 1 unspecified atom stereocenters. The number of likely N-dealkylation sites (N-methyl/N-ethyl adjacent to an activating group) is 1. The van der Waals surface area contributed by atoms with E-state index in [1.165, 1.54) is 27.8 Å². The highest BCUT2D eigenvalue weighted by Gasteiger charge is 2.29. The molecule has 0 radical (unpaired) electrons. The molecule has 5 rings (SSSR count). The summed E-state index contributed by atoms with van der Waals surface area (Å²) in [5.74, 6) is -0.109. The van der Waals surface area contributed by atoms with Crippen molar-refractivity contribution in [1.29, 1.82) is 0 Å². The highest BCUT2D eigenvalue weighted by molar-refractivity contribution is 8.04. The highest BCUT2D eigenvalue weighted by atomic mass is 32.2. The normalized spacial score (nSPS) is 14.6. The van der Waals surface area contributed by atoms with Gasteiger partial charge in [0.2, 0.25) is 0 Å². The Bertz CT molecular complexity index is 1520. The fourth-order valence-electron chi connectivity index (χ4n) is 4.82. The SMILES string of the molecule is Cc1cccc(CN2C(=O)C(=Cc3ccc(C(=O)NCC[NH+](C)Cc4ccccc4)cc3)Sc3ccccc32)c1. The quantitative estimate of drug-likeness (QED) is 0.286. The standard InChI is InChI=1S/C34H33N3O2S/c1-25-9-8-12-28(21-25)24-37-30-13-6-7-14-31(30)40-32(34(37)39)22-26-15-17-29(18-16-26)33(38)35-19-20-36(2)23-27-10-4-3-5-11-27/h3-18,21-22H,19-20,23-24H2,1-2H3,(H,35,38)/p+1. The molecule has 2 amide bonds. The van der Waals surface area contributed by atoms with E-state index >= 15 is 0 Å². The Kier molecular flexibility index (Phi) is 8.79. The van der Waals surface area contributed by atoms with Crippen LogP contribution >= 0.6 is 11.8 Å². The van der Waals surface area contributed by atoms with Crippen molar-refractivity contribution >= 4 is 35.3 Å². The number of thioether (sulfide) groups is 1. The molecule has 4 aromatic rings. The van der Waals surface area contributed by atoms with Crippen LogP contribution in [0.2, 0.25) is 0 Å². The van der Waals surface area contributed by atoms with Crippen LogP contribution in [0.1, 0.15) is 32.6 Å². The lowest BCUT2D eigenvalue weighted by atomic mass is 10.1. The topological polar surface area (TPSA) is 53.9 Å². The zero-order valence-corrected chi connectivity index (χ0v) is 23.7. The second-order valence-corrected chi connectivity index (χ2v) is 11.3. The van der Waals surface area contributed by atoms with E-state index < -0.39 is 0 Å². The van der Waals surface area contributed by atoms with Crippen molar-refractivity contribution in [2.45, 2.75) is 24.9 Å². The summed E-state index contributed by atoms with van der Waals surface area (Å²) in [4.78, 5) is 31.2. The van der Waals surface area contributed by atoms with Gasteiger partial charge in [0.05, 0.1) is 37.3 Å². The van der Waals surface area contributed by atoms with Crippen molar-refractivity contribution < 1.29 is 14.5 Å². The van der Waals surface area contributed by atoms with Gasteiger partial charge in [-0.3, -0.25) is 9.59 Å². The molecule has 1 aliphatic rings. The molecule has 4 aromatic carbocycles. The van der Waals surface area contributed by atoms with Gasteiger partial charge < -0.3 is 15.1 Å². The third-order valence-corrected chi connectivity index (χ3v) is 7.99. The summed E-state index contributed by atoms with van der Waals surface area (Å²) in [6, 6.07) is 34.1. The van der Waals surface area contributed by atoms with Gasteiger partial charge in [0, 0.05) is 16.0 Å². The van der Waals surface area contributed by atoms with E-state index in [4.69, 9.17) is 0 Å². The van der Waals surface area contributed by atoms with Gasteiger partial charge in [0.25, 0.3) is 11.8 Å². The molecular formula is C34H34N3O2S+. The third-order valence-electron chi connectivity index (χ3n) is 6.91. The van der Waals surface area contributed by atoms with Crippen molar-refractivity contribution in [3.8, 4) is 0 Å². The molecule has 5 nitrogen and oxygen atoms in total. The van der Waals surface area contributed by atoms with Crippen LogP contribution in [0, 0.1) is 6.92 Å². The van der Waals surface area contributed by atoms with Crippen LogP contribution in [-0.4, -0.2) is 32.0 Å². The number of amides is 2. The first-order chi connectivity index (χ1) is 19.5. The number of nitrogens with one attached hydrogen (secondary N) is 2. The number of carbonyl (C=O) groups is 2. The van der Waals surface area contributed by atoms with Crippen LogP contribution in [0.25, 0.3) is 6.08 Å². The number of quaternary nitrogens is 1. The predicted octanol–water partition coefficient (Wildman–Crippen LogP) is 5.12. The van der Waals surface area contributed by atoms with Gasteiger partial charge in [-0.1, -0.05) is 96.2 Å². The first-order valence-corrected chi connectivity index (χ1v) is 14.4. The van der Waals surface area contributed by atoms with Crippen molar-refractivity contribution in [1.82, 2.24) is 5.32 Å². The molecule has 0 saturated heterocycles. The van der Waals surface area contributed by atoms with Gasteiger partial charge in [-0.25, -0.2) is 0 Å². The fraction of sp³-hybridized carbons (Fsp3) is 0.176. The van der Waals surface area contributed by atoms with Gasteiger partial charge in [0.15, 0.2) is 0 Å². The molecule has 0 fully saturated rings. The number of para-hydroxylation sites is 1. The van der Waals surface area contributed by atoms with E-state index in [0.717, 1.165) is 34.8 Å². The molecule has 0 aliphatic carbocycles. The maximum atomic E-state index is 13.6. The summed E-state index contributed by atoms with van der Waals surface area (Å²) >= 11 is 1.49. The average molecular weight is 549 g/mol. The van der Waals surface area contributed by atoms with Crippen LogP contribution in [0.4, 0.5) is 5.69 Å². The van der Waals surface area contributed by atoms with Gasteiger partial charge in [-0.05, 0) is 48.4 Å².